The van der Waals surface area contributed by atoms with Gasteiger partial charge in [0.15, 0.2) is 0 Å². The van der Waals surface area contributed by atoms with E-state index in [1.807, 2.05) is 0 Å². The van der Waals surface area contributed by atoms with Crippen LogP contribution in [0.15, 0.2) is 0 Å². The maximum Gasteiger partial charge on any atom is 0.237 e. The van der Waals surface area contributed by atoms with Crippen LogP contribution < -0.4 is 10.6 Å². The predicted octanol–water partition coefficient (Wildman–Crippen LogP) is 1.07. The van der Waals surface area contributed by atoms with Crippen molar-refractivity contribution in [3.05, 3.63) is 0 Å². The molecular weight excluding hydrogens is 303 g/mol. The van der Waals surface area contributed by atoms with E-state index in [1.54, 1.807) is 0 Å². The van der Waals surface area contributed by atoms with Gasteiger partial charge in [0.1, 0.15) is 0 Å². The van der Waals surface area contributed by atoms with Crippen molar-refractivity contribution < 1.29 is 19.4 Å². The number of hydrogen-bond acceptors (Lipinski definition) is 4. The summed E-state index contributed by atoms with van der Waals surface area (Å²) >= 11 is 0. The summed E-state index contributed by atoms with van der Waals surface area (Å²) in [5, 5.41) is 15.7. The van der Waals surface area contributed by atoms with Crippen LogP contribution in [0, 0.1) is 5.92 Å². The fraction of sp³-hybridized carbons (Fsp3) is 0.933. The van der Waals surface area contributed by atoms with E-state index < -0.39 is 13.5 Å². The minimum absolute atomic E-state index is 0.0478. The molecule has 1 unspecified atom stereocenters. The maximum absolute atomic E-state index is 12.3. The monoisotopic (exact) mass is 332 g/mol. The molecule has 1 saturated heterocycles. The van der Waals surface area contributed by atoms with Crippen LogP contribution in [0.4, 0.5) is 0 Å². The van der Waals surface area contributed by atoms with Crippen LogP contribution in [0.1, 0.15) is 44.9 Å². The van der Waals surface area contributed by atoms with Gasteiger partial charge in [-0.2, -0.15) is 0 Å². The lowest BCUT2D eigenvalue weighted by molar-refractivity contribution is -0.123. The Bertz CT molecular complexity index is 406. The summed E-state index contributed by atoms with van der Waals surface area (Å²) in [6.07, 6.45) is 6.55. The number of amides is 1. The standard InChI is InChI=1S/C15H29N2O4P/c18-13(9-17-15(19)14-7-4-8-16-14)11-22(20,21)10-12-5-2-1-3-6-12/h12-14,16,18H,1-11H2,(H,17,19)(H,20,21)/t13-,14-/m0/s1. The van der Waals surface area contributed by atoms with Crippen LogP contribution >= 0.6 is 7.37 Å². The fourth-order valence-corrected chi connectivity index (χ4v) is 5.60. The van der Waals surface area contributed by atoms with Gasteiger partial charge in [-0.05, 0) is 38.1 Å². The first-order valence-corrected chi connectivity index (χ1v) is 10.5. The molecule has 6 nitrogen and oxygen atoms in total. The van der Waals surface area contributed by atoms with Gasteiger partial charge >= 0.3 is 0 Å². The molecule has 0 spiro atoms. The lowest BCUT2D eigenvalue weighted by Gasteiger charge is -2.25. The molecule has 1 amide bonds. The number of rotatable bonds is 7. The van der Waals surface area contributed by atoms with Crippen LogP contribution in [0.3, 0.4) is 0 Å². The third kappa shape index (κ3) is 5.99. The summed E-state index contributed by atoms with van der Waals surface area (Å²) < 4.78 is 12.3. The topological polar surface area (TPSA) is 98.7 Å². The van der Waals surface area contributed by atoms with E-state index in [2.05, 4.69) is 10.6 Å². The van der Waals surface area contributed by atoms with Crippen molar-refractivity contribution in [2.75, 3.05) is 25.4 Å². The van der Waals surface area contributed by atoms with Gasteiger partial charge in [-0.15, -0.1) is 0 Å². The average Bonchev–Trinajstić information content (AvgIpc) is 2.99. The predicted molar refractivity (Wildman–Crippen MR) is 86.2 cm³/mol. The molecule has 0 radical (unpaired) electrons. The molecule has 1 aliphatic carbocycles. The Morgan fingerprint density at radius 3 is 2.59 bits per heavy atom. The molecule has 4 N–H and O–H groups in total. The van der Waals surface area contributed by atoms with Crippen molar-refractivity contribution in [3.8, 4) is 0 Å². The number of hydrogen-bond donors (Lipinski definition) is 4. The van der Waals surface area contributed by atoms with Crippen molar-refractivity contribution in [3.63, 3.8) is 0 Å². The van der Waals surface area contributed by atoms with Crippen LogP contribution in [0.2, 0.25) is 0 Å². The second kappa shape index (κ2) is 8.44. The summed E-state index contributed by atoms with van der Waals surface area (Å²) in [5.74, 6) is 0.186. The van der Waals surface area contributed by atoms with Crippen LogP contribution in [-0.2, 0) is 9.36 Å². The molecule has 3 atom stereocenters. The largest absolute Gasteiger partial charge is 0.391 e. The first-order valence-electron chi connectivity index (χ1n) is 8.46. The van der Waals surface area contributed by atoms with Crippen molar-refractivity contribution in [2.24, 2.45) is 5.92 Å². The number of aliphatic hydroxyl groups excluding tert-OH is 1. The molecule has 128 valence electrons. The van der Waals surface area contributed by atoms with Gasteiger partial charge < -0.3 is 20.6 Å². The number of aliphatic hydroxyl groups is 1. The third-order valence-corrected chi connectivity index (χ3v) is 6.73. The van der Waals surface area contributed by atoms with Crippen LogP contribution in [0.5, 0.6) is 0 Å². The molecule has 2 aliphatic rings. The zero-order chi connectivity index (χ0) is 16.0. The van der Waals surface area contributed by atoms with Gasteiger partial charge in [-0.3, -0.25) is 9.36 Å². The Labute approximate surface area is 132 Å². The second-order valence-electron chi connectivity index (χ2n) is 6.76. The molecule has 0 aromatic heterocycles. The van der Waals surface area contributed by atoms with E-state index >= 15 is 0 Å². The van der Waals surface area contributed by atoms with E-state index in [9.17, 15) is 19.4 Å². The molecule has 2 rings (SSSR count). The number of nitrogens with one attached hydrogen (secondary N) is 2. The van der Waals surface area contributed by atoms with Gasteiger partial charge in [-0.25, -0.2) is 0 Å². The van der Waals surface area contributed by atoms with Gasteiger partial charge in [0.25, 0.3) is 0 Å². The lowest BCUT2D eigenvalue weighted by Crippen LogP contribution is -2.43. The highest BCUT2D eigenvalue weighted by Gasteiger charge is 2.29. The Balaban J connectivity index is 1.69. The second-order valence-corrected chi connectivity index (χ2v) is 9.19. The van der Waals surface area contributed by atoms with Gasteiger partial charge in [-0.1, -0.05) is 19.3 Å². The molecular formula is C15H29N2O4P. The average molecular weight is 332 g/mol. The maximum atomic E-state index is 12.3. The SMILES string of the molecule is O=C(NC[C@H](O)CP(=O)(O)CC1CCCCC1)[C@@H]1CCCN1. The Kier molecular flexibility index (Phi) is 6.87. The van der Waals surface area contributed by atoms with Crippen molar-refractivity contribution in [1.29, 1.82) is 0 Å². The normalized spacial score (nSPS) is 27.3. The zero-order valence-corrected chi connectivity index (χ0v) is 14.1. The Hall–Kier alpha value is -0.420. The van der Waals surface area contributed by atoms with E-state index in [0.717, 1.165) is 45.1 Å². The Morgan fingerprint density at radius 1 is 1.23 bits per heavy atom. The lowest BCUT2D eigenvalue weighted by atomic mass is 9.91. The van der Waals surface area contributed by atoms with E-state index in [0.29, 0.717) is 12.1 Å². The molecule has 0 bridgehead atoms. The van der Waals surface area contributed by atoms with Gasteiger partial charge in [0.2, 0.25) is 13.3 Å². The fourth-order valence-electron chi connectivity index (χ4n) is 3.49. The first kappa shape index (κ1) is 17.9. The molecule has 1 saturated carbocycles. The highest BCUT2D eigenvalue weighted by Crippen LogP contribution is 2.45. The van der Waals surface area contributed by atoms with E-state index in [1.165, 1.54) is 6.42 Å². The van der Waals surface area contributed by atoms with E-state index in [4.69, 9.17) is 0 Å². The molecule has 22 heavy (non-hydrogen) atoms. The smallest absolute Gasteiger partial charge is 0.237 e. The van der Waals surface area contributed by atoms with Crippen molar-refractivity contribution >= 4 is 13.3 Å². The minimum Gasteiger partial charge on any atom is -0.391 e. The van der Waals surface area contributed by atoms with Crippen LogP contribution in [0.25, 0.3) is 0 Å². The molecule has 2 fully saturated rings. The highest BCUT2D eigenvalue weighted by atomic mass is 31.2. The summed E-state index contributed by atoms with van der Waals surface area (Å²) in [7, 11) is -3.32. The number of carbonyl (C=O) groups excluding carboxylic acids is 1. The van der Waals surface area contributed by atoms with Crippen molar-refractivity contribution in [1.82, 2.24) is 10.6 Å². The molecule has 1 aliphatic heterocycles. The molecule has 7 heteroatoms. The van der Waals surface area contributed by atoms with Crippen molar-refractivity contribution in [2.45, 2.75) is 57.1 Å². The summed E-state index contributed by atoms with van der Waals surface area (Å²) in [6.45, 7) is 0.889. The van der Waals surface area contributed by atoms with Crippen LogP contribution in [-0.4, -0.2) is 53.5 Å². The summed E-state index contributed by atoms with van der Waals surface area (Å²) in [4.78, 5) is 21.9. The quantitative estimate of drug-likeness (QED) is 0.523. The first-order chi connectivity index (χ1) is 10.5. The molecule has 0 aromatic carbocycles. The summed E-state index contributed by atoms with van der Waals surface area (Å²) in [6, 6.07) is -0.185. The number of carbonyl (C=O) groups is 1. The highest BCUT2D eigenvalue weighted by molar-refractivity contribution is 7.58. The third-order valence-electron chi connectivity index (χ3n) is 4.65. The van der Waals surface area contributed by atoms with Gasteiger partial charge in [0.05, 0.1) is 18.3 Å². The molecule has 1 heterocycles. The zero-order valence-electron chi connectivity index (χ0n) is 13.2. The Morgan fingerprint density at radius 2 is 1.95 bits per heavy atom. The summed E-state index contributed by atoms with van der Waals surface area (Å²) in [5.41, 5.74) is 0. The van der Waals surface area contributed by atoms with Gasteiger partial charge in [0, 0.05) is 12.7 Å². The van der Waals surface area contributed by atoms with E-state index in [-0.39, 0.29) is 24.7 Å². The molecule has 0 aromatic rings. The minimum atomic E-state index is -3.32.